The number of phosphoric ester groups is 1. The Morgan fingerprint density at radius 2 is 1.94 bits per heavy atom. The van der Waals surface area contributed by atoms with Crippen molar-refractivity contribution >= 4 is 7.82 Å². The average molecular weight is 244 g/mol. The number of rotatable bonds is 6. The van der Waals surface area contributed by atoms with Gasteiger partial charge in [0, 0.05) is 0 Å². The van der Waals surface area contributed by atoms with Crippen LogP contribution in [0.2, 0.25) is 0 Å². The Hall–Kier alpha value is -0.830. The van der Waals surface area contributed by atoms with Crippen LogP contribution in [0.25, 0.3) is 0 Å². The first-order chi connectivity index (χ1) is 7.53. The fraction of sp³-hybridized carbons (Fsp3) is 0.455. The fourth-order valence-corrected chi connectivity index (χ4v) is 1.88. The van der Waals surface area contributed by atoms with Crippen LogP contribution in [0, 0.1) is 6.92 Å². The summed E-state index contributed by atoms with van der Waals surface area (Å²) in [5.41, 5.74) is 1.06. The molecule has 0 aliphatic carbocycles. The van der Waals surface area contributed by atoms with Crippen LogP contribution in [-0.4, -0.2) is 11.5 Å². The molecule has 1 rings (SSSR count). The molecule has 1 unspecified atom stereocenters. The van der Waals surface area contributed by atoms with Crippen LogP contribution in [0.15, 0.2) is 24.3 Å². The molecule has 0 aliphatic rings. The second kappa shape index (κ2) is 6.04. The molecule has 0 radical (unpaired) electrons. The lowest BCUT2D eigenvalue weighted by molar-refractivity contribution is 0.201. The van der Waals surface area contributed by atoms with Gasteiger partial charge in [0.25, 0.3) is 0 Å². The van der Waals surface area contributed by atoms with E-state index in [1.807, 2.05) is 13.8 Å². The maximum atomic E-state index is 11.5. The van der Waals surface area contributed by atoms with Crippen molar-refractivity contribution in [3.63, 3.8) is 0 Å². The fourth-order valence-electron chi connectivity index (χ4n) is 1.08. The zero-order chi connectivity index (χ0) is 12.0. The van der Waals surface area contributed by atoms with Gasteiger partial charge in [-0.3, -0.25) is 9.42 Å². The summed E-state index contributed by atoms with van der Waals surface area (Å²) in [6, 6.07) is 6.89. The number of hydrogen-bond acceptors (Lipinski definition) is 3. The molecule has 1 aromatic rings. The highest BCUT2D eigenvalue weighted by molar-refractivity contribution is 7.47. The van der Waals surface area contributed by atoms with Crippen molar-refractivity contribution in [3.05, 3.63) is 29.8 Å². The molecule has 0 spiro atoms. The SMILES string of the molecule is CCCCOP(=O)(O)Oc1ccc(C)cc1. The van der Waals surface area contributed by atoms with Gasteiger partial charge in [-0.15, -0.1) is 0 Å². The molecule has 0 heterocycles. The highest BCUT2D eigenvalue weighted by atomic mass is 31.2. The highest BCUT2D eigenvalue weighted by Crippen LogP contribution is 2.43. The Balaban J connectivity index is 2.51. The molecular formula is C11H17O4P. The summed E-state index contributed by atoms with van der Waals surface area (Å²) < 4.78 is 21.1. The zero-order valence-corrected chi connectivity index (χ0v) is 10.4. The summed E-state index contributed by atoms with van der Waals surface area (Å²) in [6.45, 7) is 4.14. The third-order valence-electron chi connectivity index (χ3n) is 1.99. The van der Waals surface area contributed by atoms with E-state index in [4.69, 9.17) is 9.05 Å². The van der Waals surface area contributed by atoms with E-state index in [2.05, 4.69) is 0 Å². The van der Waals surface area contributed by atoms with Gasteiger partial charge < -0.3 is 4.52 Å². The minimum absolute atomic E-state index is 0.232. The Bertz CT molecular complexity index is 361. The van der Waals surface area contributed by atoms with E-state index in [0.29, 0.717) is 5.75 Å². The molecule has 0 saturated heterocycles. The van der Waals surface area contributed by atoms with Crippen LogP contribution in [0.4, 0.5) is 0 Å². The maximum Gasteiger partial charge on any atom is 0.527 e. The van der Waals surface area contributed by atoms with Crippen LogP contribution in [0.5, 0.6) is 5.75 Å². The lowest BCUT2D eigenvalue weighted by Crippen LogP contribution is -1.98. The van der Waals surface area contributed by atoms with Crippen LogP contribution < -0.4 is 4.52 Å². The summed E-state index contributed by atoms with van der Waals surface area (Å²) >= 11 is 0. The Kier molecular flexibility index (Phi) is 5.00. The zero-order valence-electron chi connectivity index (χ0n) is 9.55. The van der Waals surface area contributed by atoms with Gasteiger partial charge in [0.05, 0.1) is 6.61 Å². The van der Waals surface area contributed by atoms with Crippen molar-refractivity contribution in [2.24, 2.45) is 0 Å². The molecule has 0 saturated carbocycles. The Morgan fingerprint density at radius 1 is 1.31 bits per heavy atom. The summed E-state index contributed by atoms with van der Waals surface area (Å²) in [5.74, 6) is 0.341. The van der Waals surface area contributed by atoms with Crippen molar-refractivity contribution < 1.29 is 18.5 Å². The van der Waals surface area contributed by atoms with E-state index >= 15 is 0 Å². The van der Waals surface area contributed by atoms with Crippen LogP contribution >= 0.6 is 7.82 Å². The van der Waals surface area contributed by atoms with Crippen LogP contribution in [0.3, 0.4) is 0 Å². The van der Waals surface area contributed by atoms with E-state index in [-0.39, 0.29) is 6.61 Å². The standard InChI is InChI=1S/C11H17O4P/c1-3-4-9-14-16(12,13)15-11-7-5-10(2)6-8-11/h5-8H,3-4,9H2,1-2H3,(H,12,13). The molecule has 4 nitrogen and oxygen atoms in total. The van der Waals surface area contributed by atoms with Crippen molar-refractivity contribution in [2.45, 2.75) is 26.7 Å². The summed E-state index contributed by atoms with van der Waals surface area (Å²) in [6.07, 6.45) is 1.65. The smallest absolute Gasteiger partial charge is 0.404 e. The normalized spacial score (nSPS) is 14.4. The van der Waals surface area contributed by atoms with Gasteiger partial charge in [-0.2, -0.15) is 0 Å². The van der Waals surface area contributed by atoms with Crippen LogP contribution in [-0.2, 0) is 9.09 Å². The largest absolute Gasteiger partial charge is 0.527 e. The summed E-state index contributed by atoms with van der Waals surface area (Å²) in [4.78, 5) is 9.37. The third kappa shape index (κ3) is 4.79. The molecule has 0 aromatic heterocycles. The molecule has 16 heavy (non-hydrogen) atoms. The van der Waals surface area contributed by atoms with Crippen molar-refractivity contribution in [2.75, 3.05) is 6.61 Å². The number of benzene rings is 1. The second-order valence-electron chi connectivity index (χ2n) is 3.56. The number of aryl methyl sites for hydroxylation is 1. The Morgan fingerprint density at radius 3 is 2.50 bits per heavy atom. The summed E-state index contributed by atoms with van der Waals surface area (Å²) in [7, 11) is -3.96. The minimum atomic E-state index is -3.96. The predicted molar refractivity (Wildman–Crippen MR) is 62.5 cm³/mol. The molecule has 90 valence electrons. The first-order valence-corrected chi connectivity index (χ1v) is 6.76. The van der Waals surface area contributed by atoms with Gasteiger partial charge in [0.15, 0.2) is 0 Å². The number of phosphoric acid groups is 1. The first kappa shape index (κ1) is 13.2. The molecule has 1 N–H and O–H groups in total. The predicted octanol–water partition coefficient (Wildman–Crippen LogP) is 3.29. The topological polar surface area (TPSA) is 55.8 Å². The minimum Gasteiger partial charge on any atom is -0.404 e. The highest BCUT2D eigenvalue weighted by Gasteiger charge is 2.22. The van der Waals surface area contributed by atoms with Crippen LogP contribution in [0.1, 0.15) is 25.3 Å². The van der Waals surface area contributed by atoms with Gasteiger partial charge >= 0.3 is 7.82 Å². The van der Waals surface area contributed by atoms with E-state index in [0.717, 1.165) is 18.4 Å². The third-order valence-corrected chi connectivity index (χ3v) is 2.94. The Labute approximate surface area is 95.8 Å². The first-order valence-electron chi connectivity index (χ1n) is 5.27. The monoisotopic (exact) mass is 244 g/mol. The molecule has 0 bridgehead atoms. The van der Waals surface area contributed by atoms with Crippen molar-refractivity contribution in [3.8, 4) is 5.75 Å². The summed E-state index contributed by atoms with van der Waals surface area (Å²) in [5, 5.41) is 0. The van der Waals surface area contributed by atoms with Gasteiger partial charge in [-0.1, -0.05) is 31.0 Å². The lowest BCUT2D eigenvalue weighted by atomic mass is 10.2. The van der Waals surface area contributed by atoms with E-state index in [9.17, 15) is 9.46 Å². The average Bonchev–Trinajstić information content (AvgIpc) is 2.21. The molecule has 1 atom stereocenters. The molecule has 0 aliphatic heterocycles. The van der Waals surface area contributed by atoms with Gasteiger partial charge in [-0.25, -0.2) is 4.57 Å². The van der Waals surface area contributed by atoms with Gasteiger partial charge in [0.2, 0.25) is 0 Å². The van der Waals surface area contributed by atoms with Crippen molar-refractivity contribution in [1.29, 1.82) is 0 Å². The maximum absolute atomic E-state index is 11.5. The van der Waals surface area contributed by atoms with E-state index in [1.165, 1.54) is 0 Å². The molecular weight excluding hydrogens is 227 g/mol. The van der Waals surface area contributed by atoms with Crippen molar-refractivity contribution in [1.82, 2.24) is 0 Å². The molecule has 5 heteroatoms. The number of hydrogen-bond donors (Lipinski definition) is 1. The van der Waals surface area contributed by atoms with E-state index < -0.39 is 7.82 Å². The molecule has 0 amide bonds. The molecule has 0 fully saturated rings. The molecule has 1 aromatic carbocycles. The lowest BCUT2D eigenvalue weighted by Gasteiger charge is -2.12. The van der Waals surface area contributed by atoms with Gasteiger partial charge in [0.1, 0.15) is 5.75 Å². The van der Waals surface area contributed by atoms with E-state index in [1.54, 1.807) is 24.3 Å². The second-order valence-corrected chi connectivity index (χ2v) is 4.94. The van der Waals surface area contributed by atoms with Gasteiger partial charge in [-0.05, 0) is 25.5 Å². The number of unbranched alkanes of at least 4 members (excludes halogenated alkanes) is 1. The quantitative estimate of drug-likeness (QED) is 0.616.